The number of rotatable bonds is 5. The van der Waals surface area contributed by atoms with Crippen LogP contribution in [0.3, 0.4) is 0 Å². The van der Waals surface area contributed by atoms with Crippen LogP contribution in [-0.2, 0) is 14.4 Å². The standard InChI is InChI=1S/C12H14N2O4/c1-15-7-8-17-14-12-11(13-16-2)9-5-3-4-6-10(9)18-12/h3-6H,7-8H2,1-2H3. The molecule has 0 atom stereocenters. The van der Waals surface area contributed by atoms with E-state index in [2.05, 4.69) is 10.3 Å². The highest BCUT2D eigenvalue weighted by atomic mass is 16.7. The van der Waals surface area contributed by atoms with Crippen LogP contribution in [0.15, 0.2) is 34.6 Å². The van der Waals surface area contributed by atoms with E-state index in [1.165, 1.54) is 7.11 Å². The fourth-order valence-corrected chi connectivity index (χ4v) is 1.49. The first-order valence-electron chi connectivity index (χ1n) is 5.44. The lowest BCUT2D eigenvalue weighted by Crippen LogP contribution is -2.15. The summed E-state index contributed by atoms with van der Waals surface area (Å²) in [5, 5.41) is 7.77. The molecule has 1 aromatic carbocycles. The van der Waals surface area contributed by atoms with E-state index in [9.17, 15) is 0 Å². The van der Waals surface area contributed by atoms with Crippen molar-refractivity contribution in [2.24, 2.45) is 10.3 Å². The Balaban J connectivity index is 2.16. The van der Waals surface area contributed by atoms with Gasteiger partial charge in [0.25, 0.3) is 5.90 Å². The van der Waals surface area contributed by atoms with Crippen molar-refractivity contribution >= 4 is 11.6 Å². The van der Waals surface area contributed by atoms with Gasteiger partial charge in [-0.3, -0.25) is 0 Å². The largest absolute Gasteiger partial charge is 0.434 e. The number of hydrogen-bond donors (Lipinski definition) is 0. The van der Waals surface area contributed by atoms with Crippen molar-refractivity contribution < 1.29 is 19.1 Å². The van der Waals surface area contributed by atoms with Crippen LogP contribution in [0.1, 0.15) is 5.56 Å². The molecule has 0 radical (unpaired) electrons. The molecule has 0 aromatic heterocycles. The number of para-hydroxylation sites is 1. The van der Waals surface area contributed by atoms with Crippen LogP contribution in [0.2, 0.25) is 0 Å². The first kappa shape index (κ1) is 12.4. The fourth-order valence-electron chi connectivity index (χ4n) is 1.49. The van der Waals surface area contributed by atoms with Gasteiger partial charge in [0.05, 0.1) is 12.2 Å². The van der Waals surface area contributed by atoms with E-state index in [1.807, 2.05) is 24.3 Å². The summed E-state index contributed by atoms with van der Waals surface area (Å²) < 4.78 is 10.4. The molecule has 1 aromatic rings. The van der Waals surface area contributed by atoms with Gasteiger partial charge >= 0.3 is 0 Å². The molecule has 1 aliphatic heterocycles. The number of ether oxygens (including phenoxy) is 2. The molecule has 0 bridgehead atoms. The third-order valence-corrected chi connectivity index (χ3v) is 2.26. The molecular formula is C12H14N2O4. The summed E-state index contributed by atoms with van der Waals surface area (Å²) in [6.45, 7) is 0.806. The Morgan fingerprint density at radius 2 is 1.94 bits per heavy atom. The van der Waals surface area contributed by atoms with Gasteiger partial charge in [-0.05, 0) is 17.3 Å². The molecule has 1 aliphatic rings. The maximum atomic E-state index is 5.53. The van der Waals surface area contributed by atoms with Gasteiger partial charge in [-0.25, -0.2) is 0 Å². The zero-order valence-electron chi connectivity index (χ0n) is 10.3. The Labute approximate surface area is 105 Å². The molecule has 96 valence electrons. The van der Waals surface area contributed by atoms with Crippen LogP contribution in [0.25, 0.3) is 0 Å². The number of oxime groups is 2. The first-order chi connectivity index (χ1) is 8.86. The second kappa shape index (κ2) is 6.02. The highest BCUT2D eigenvalue weighted by Gasteiger charge is 2.28. The van der Waals surface area contributed by atoms with Gasteiger partial charge in [-0.2, -0.15) is 0 Å². The summed E-state index contributed by atoms with van der Waals surface area (Å²) in [6.07, 6.45) is 0. The average molecular weight is 250 g/mol. The summed E-state index contributed by atoms with van der Waals surface area (Å²) in [5.41, 5.74) is 1.35. The van der Waals surface area contributed by atoms with Gasteiger partial charge < -0.3 is 19.1 Å². The van der Waals surface area contributed by atoms with E-state index >= 15 is 0 Å². The molecule has 0 saturated carbocycles. The van der Waals surface area contributed by atoms with Crippen LogP contribution in [0.4, 0.5) is 0 Å². The Hall–Kier alpha value is -2.08. The van der Waals surface area contributed by atoms with Crippen LogP contribution in [0.5, 0.6) is 5.75 Å². The van der Waals surface area contributed by atoms with Crippen molar-refractivity contribution in [2.75, 3.05) is 27.4 Å². The van der Waals surface area contributed by atoms with E-state index in [1.54, 1.807) is 7.11 Å². The van der Waals surface area contributed by atoms with Gasteiger partial charge in [0.2, 0.25) is 0 Å². The predicted octanol–water partition coefficient (Wildman–Crippen LogP) is 1.41. The minimum absolute atomic E-state index is 0.286. The summed E-state index contributed by atoms with van der Waals surface area (Å²) in [6, 6.07) is 7.48. The number of nitrogens with zero attached hydrogens (tertiary/aromatic N) is 2. The van der Waals surface area contributed by atoms with Gasteiger partial charge in [0.15, 0.2) is 5.71 Å². The van der Waals surface area contributed by atoms with Crippen molar-refractivity contribution in [1.29, 1.82) is 0 Å². The Bertz CT molecular complexity index is 471. The summed E-state index contributed by atoms with van der Waals surface area (Å²) in [4.78, 5) is 9.85. The molecule has 1 heterocycles. The second-order valence-corrected chi connectivity index (χ2v) is 3.44. The molecule has 0 aliphatic carbocycles. The van der Waals surface area contributed by atoms with Crippen molar-refractivity contribution in [3.8, 4) is 5.75 Å². The highest BCUT2D eigenvalue weighted by molar-refractivity contribution is 6.48. The van der Waals surface area contributed by atoms with Crippen molar-refractivity contribution in [3.05, 3.63) is 29.8 Å². The van der Waals surface area contributed by atoms with E-state index in [0.29, 0.717) is 24.7 Å². The maximum Gasteiger partial charge on any atom is 0.286 e. The molecule has 0 amide bonds. The number of benzene rings is 1. The lowest BCUT2D eigenvalue weighted by Gasteiger charge is -2.00. The normalized spacial score (nSPS) is 17.7. The molecule has 6 nitrogen and oxygen atoms in total. The van der Waals surface area contributed by atoms with Crippen LogP contribution < -0.4 is 4.74 Å². The Morgan fingerprint density at radius 1 is 1.11 bits per heavy atom. The second-order valence-electron chi connectivity index (χ2n) is 3.44. The number of hydrogen-bond acceptors (Lipinski definition) is 6. The van der Waals surface area contributed by atoms with Gasteiger partial charge in [-0.15, -0.1) is 0 Å². The molecule has 0 unspecified atom stereocenters. The zero-order valence-corrected chi connectivity index (χ0v) is 10.3. The lowest BCUT2D eigenvalue weighted by atomic mass is 10.1. The third kappa shape index (κ3) is 2.60. The molecule has 18 heavy (non-hydrogen) atoms. The molecule has 0 spiro atoms. The van der Waals surface area contributed by atoms with Crippen LogP contribution >= 0.6 is 0 Å². The Morgan fingerprint density at radius 3 is 2.72 bits per heavy atom. The lowest BCUT2D eigenvalue weighted by molar-refractivity contribution is 0.0732. The third-order valence-electron chi connectivity index (χ3n) is 2.26. The van der Waals surface area contributed by atoms with Gasteiger partial charge in [0.1, 0.15) is 19.5 Å². The monoisotopic (exact) mass is 250 g/mol. The van der Waals surface area contributed by atoms with Crippen molar-refractivity contribution in [2.45, 2.75) is 0 Å². The predicted molar refractivity (Wildman–Crippen MR) is 65.9 cm³/mol. The zero-order chi connectivity index (χ0) is 12.8. The van der Waals surface area contributed by atoms with Crippen molar-refractivity contribution in [1.82, 2.24) is 0 Å². The van der Waals surface area contributed by atoms with Crippen LogP contribution in [0, 0.1) is 0 Å². The fraction of sp³-hybridized carbons (Fsp3) is 0.333. The summed E-state index contributed by atoms with van der Waals surface area (Å²) in [7, 11) is 3.06. The Kier molecular flexibility index (Phi) is 4.14. The van der Waals surface area contributed by atoms with Crippen molar-refractivity contribution in [3.63, 3.8) is 0 Å². The molecule has 2 rings (SSSR count). The minimum Gasteiger partial charge on any atom is -0.434 e. The molecule has 6 heteroatoms. The number of methoxy groups -OCH3 is 1. The highest BCUT2D eigenvalue weighted by Crippen LogP contribution is 2.26. The van der Waals surface area contributed by atoms with E-state index in [-0.39, 0.29) is 5.90 Å². The maximum absolute atomic E-state index is 5.53. The SMILES string of the molecule is COCCON=C1Oc2ccccc2C1=NOC. The smallest absolute Gasteiger partial charge is 0.286 e. The van der Waals surface area contributed by atoms with E-state index < -0.39 is 0 Å². The van der Waals surface area contributed by atoms with E-state index in [4.69, 9.17) is 19.1 Å². The minimum atomic E-state index is 0.286. The molecular weight excluding hydrogens is 236 g/mol. The van der Waals surface area contributed by atoms with E-state index in [0.717, 1.165) is 5.56 Å². The molecule has 0 fully saturated rings. The first-order valence-corrected chi connectivity index (χ1v) is 5.44. The quantitative estimate of drug-likeness (QED) is 0.585. The summed E-state index contributed by atoms with van der Waals surface area (Å²) >= 11 is 0. The van der Waals surface area contributed by atoms with Gasteiger partial charge in [-0.1, -0.05) is 17.3 Å². The molecule has 0 saturated heterocycles. The van der Waals surface area contributed by atoms with Crippen LogP contribution in [-0.4, -0.2) is 39.0 Å². The topological polar surface area (TPSA) is 61.6 Å². The summed E-state index contributed by atoms with van der Waals surface area (Å²) in [5.74, 6) is 0.969. The number of fused-ring (bicyclic) bond motifs is 1. The van der Waals surface area contributed by atoms with Gasteiger partial charge in [0, 0.05) is 7.11 Å². The molecule has 0 N–H and O–H groups in total. The average Bonchev–Trinajstić information content (AvgIpc) is 2.74.